The topological polar surface area (TPSA) is 151 Å². The number of hydrogen-bond acceptors (Lipinski definition) is 11. The number of hydrogen-bond donors (Lipinski definition) is 2. The number of azo groups is 1. The molecule has 3 aromatic rings. The second-order valence-corrected chi connectivity index (χ2v) is 7.26. The fourth-order valence-electron chi connectivity index (χ4n) is 3.20. The maximum absolute atomic E-state index is 9.89. The van der Waals surface area contributed by atoms with Crippen molar-refractivity contribution in [3.05, 3.63) is 71.3 Å². The summed E-state index contributed by atoms with van der Waals surface area (Å²) in [7, 11) is 1.70. The first-order chi connectivity index (χ1) is 17.6. The van der Waals surface area contributed by atoms with Gasteiger partial charge in [0, 0.05) is 36.9 Å². The van der Waals surface area contributed by atoms with E-state index in [0.717, 1.165) is 12.1 Å². The molecule has 0 atom stereocenters. The van der Waals surface area contributed by atoms with Crippen LogP contribution in [0.25, 0.3) is 0 Å². The third-order valence-corrected chi connectivity index (χ3v) is 5.02. The van der Waals surface area contributed by atoms with Crippen LogP contribution in [0.2, 0.25) is 0 Å². The second-order valence-electron chi connectivity index (χ2n) is 7.26. The van der Waals surface area contributed by atoms with Gasteiger partial charge in [-0.2, -0.15) is 20.6 Å². The van der Waals surface area contributed by atoms with Crippen molar-refractivity contribution in [2.45, 2.75) is 27.2 Å². The third kappa shape index (κ3) is 5.85. The molecule has 0 bridgehead atoms. The van der Waals surface area contributed by atoms with E-state index in [1.165, 1.54) is 22.9 Å². The zero-order chi connectivity index (χ0) is 25.9. The van der Waals surface area contributed by atoms with Gasteiger partial charge < -0.3 is 10.6 Å². The molecule has 36 heavy (non-hydrogen) atoms. The van der Waals surface area contributed by atoms with Crippen LogP contribution in [0.3, 0.4) is 0 Å². The fourth-order valence-corrected chi connectivity index (χ4v) is 3.20. The number of rotatable bonds is 9. The molecular weight excluding hydrogens is 454 g/mol. The number of nitrogens with one attached hydrogen (secondary N) is 2. The lowest BCUT2D eigenvalue weighted by Gasteiger charge is -2.16. The highest BCUT2D eigenvalue weighted by Gasteiger charge is 2.18. The van der Waals surface area contributed by atoms with E-state index in [0.29, 0.717) is 28.5 Å². The molecule has 0 saturated carbocycles. The smallest absolute Gasteiger partial charge is 0.252 e. The Labute approximate surface area is 209 Å². The van der Waals surface area contributed by atoms with Crippen LogP contribution in [0.15, 0.2) is 70.0 Å². The van der Waals surface area contributed by atoms with Crippen LogP contribution in [0.4, 0.5) is 29.0 Å². The number of allylic oxidation sites excluding steroid dienone is 1. The monoisotopic (exact) mass is 479 g/mol. The molecule has 180 valence electrons. The summed E-state index contributed by atoms with van der Waals surface area (Å²) in [6.45, 7) is 5.56. The van der Waals surface area contributed by atoms with Gasteiger partial charge in [-0.3, -0.25) is 0 Å². The Morgan fingerprint density at radius 3 is 2.44 bits per heavy atom. The molecule has 0 unspecified atom stereocenters. The van der Waals surface area contributed by atoms with E-state index in [2.05, 4.69) is 53.9 Å². The summed E-state index contributed by atoms with van der Waals surface area (Å²) < 4.78 is 0. The lowest BCUT2D eigenvalue weighted by molar-refractivity contribution is 0.886. The first-order valence-corrected chi connectivity index (χ1v) is 11.1. The van der Waals surface area contributed by atoms with Gasteiger partial charge >= 0.3 is 0 Å². The molecule has 2 N–H and O–H groups in total. The van der Waals surface area contributed by atoms with Crippen molar-refractivity contribution < 1.29 is 0 Å². The summed E-state index contributed by atoms with van der Waals surface area (Å²) >= 11 is 0. The van der Waals surface area contributed by atoms with E-state index < -0.39 is 0 Å². The average molecular weight is 480 g/mol. The van der Waals surface area contributed by atoms with Gasteiger partial charge in [0.15, 0.2) is 17.5 Å². The van der Waals surface area contributed by atoms with Crippen LogP contribution in [-0.2, 0) is 6.42 Å². The van der Waals surface area contributed by atoms with Gasteiger partial charge in [0.05, 0.1) is 17.7 Å². The summed E-state index contributed by atoms with van der Waals surface area (Å²) in [6, 6.07) is 13.7. The molecule has 11 nitrogen and oxygen atoms in total. The first-order valence-electron chi connectivity index (χ1n) is 11.1. The normalized spacial score (nSPS) is 11.3. The molecule has 3 rings (SSSR count). The van der Waals surface area contributed by atoms with Gasteiger partial charge in [0.1, 0.15) is 11.8 Å². The minimum absolute atomic E-state index is 0.0833. The average Bonchev–Trinajstić information content (AvgIpc) is 2.91. The highest BCUT2D eigenvalue weighted by Crippen LogP contribution is 2.35. The van der Waals surface area contributed by atoms with E-state index in [9.17, 15) is 10.5 Å². The molecule has 0 aliphatic rings. The predicted octanol–water partition coefficient (Wildman–Crippen LogP) is 5.36. The Kier molecular flexibility index (Phi) is 8.73. The molecule has 11 heteroatoms. The number of benzene rings is 1. The SMILES string of the molecule is C/C=N\N(C(=C/C#N)/N=N/c1c(NC)nc(Nc2ccc(CC)cc2)c(C#N)c1C)c1ncccn1. The Morgan fingerprint density at radius 2 is 1.86 bits per heavy atom. The zero-order valence-electron chi connectivity index (χ0n) is 20.4. The molecule has 2 aromatic heterocycles. The maximum atomic E-state index is 9.89. The van der Waals surface area contributed by atoms with Crippen molar-refractivity contribution in [2.75, 3.05) is 22.7 Å². The van der Waals surface area contributed by atoms with Crippen molar-refractivity contribution in [2.24, 2.45) is 15.3 Å². The van der Waals surface area contributed by atoms with Crippen molar-refractivity contribution in [1.82, 2.24) is 15.0 Å². The van der Waals surface area contributed by atoms with Crippen LogP contribution in [0.1, 0.15) is 30.5 Å². The highest BCUT2D eigenvalue weighted by molar-refractivity contribution is 5.76. The fraction of sp³-hybridized carbons (Fsp3) is 0.200. The molecule has 0 radical (unpaired) electrons. The molecule has 0 fully saturated rings. The summed E-state index contributed by atoms with van der Waals surface area (Å²) in [4.78, 5) is 12.9. The highest BCUT2D eigenvalue weighted by atomic mass is 15.5. The summed E-state index contributed by atoms with van der Waals surface area (Å²) in [5, 5.41) is 39.5. The van der Waals surface area contributed by atoms with Crippen LogP contribution in [-0.4, -0.2) is 28.2 Å². The summed E-state index contributed by atoms with van der Waals surface area (Å²) in [6.07, 6.45) is 6.73. The van der Waals surface area contributed by atoms with Crippen LogP contribution < -0.4 is 15.6 Å². The lowest BCUT2D eigenvalue weighted by atomic mass is 10.1. The molecule has 0 spiro atoms. The number of nitriles is 2. The quantitative estimate of drug-likeness (QED) is 0.180. The van der Waals surface area contributed by atoms with Crippen molar-refractivity contribution in [3.63, 3.8) is 0 Å². The molecule has 2 heterocycles. The Morgan fingerprint density at radius 1 is 1.14 bits per heavy atom. The third-order valence-electron chi connectivity index (χ3n) is 5.02. The molecule has 1 aromatic carbocycles. The Balaban J connectivity index is 2.03. The van der Waals surface area contributed by atoms with E-state index >= 15 is 0 Å². The predicted molar refractivity (Wildman–Crippen MR) is 139 cm³/mol. The van der Waals surface area contributed by atoms with Crippen LogP contribution in [0, 0.1) is 29.6 Å². The van der Waals surface area contributed by atoms with Gasteiger partial charge in [-0.05, 0) is 44.0 Å². The largest absolute Gasteiger partial charge is 0.371 e. The lowest BCUT2D eigenvalue weighted by Crippen LogP contribution is -2.17. The molecular formula is C25H25N11. The van der Waals surface area contributed by atoms with E-state index in [-0.39, 0.29) is 11.8 Å². The minimum Gasteiger partial charge on any atom is -0.371 e. The van der Waals surface area contributed by atoms with Crippen molar-refractivity contribution in [1.29, 1.82) is 10.5 Å². The van der Waals surface area contributed by atoms with Gasteiger partial charge in [0.2, 0.25) is 0 Å². The van der Waals surface area contributed by atoms with Gasteiger partial charge in [0.25, 0.3) is 5.95 Å². The van der Waals surface area contributed by atoms with Gasteiger partial charge in [-0.15, -0.1) is 10.2 Å². The minimum atomic E-state index is 0.0833. The van der Waals surface area contributed by atoms with E-state index in [1.807, 2.05) is 30.3 Å². The Hall–Kier alpha value is -5.16. The molecule has 0 aliphatic heterocycles. The van der Waals surface area contributed by atoms with Gasteiger partial charge in [-0.1, -0.05) is 19.1 Å². The van der Waals surface area contributed by atoms with Crippen molar-refractivity contribution in [3.8, 4) is 12.1 Å². The standard InChI is InChI=1S/C25H25N11/c1-5-18-8-10-19(11-9-18)32-23-20(16-27)17(3)22(24(28-4)33-23)35-34-21(12-13-26)36(31-6-2)25-29-14-7-15-30-25/h6-12,14-15H,5H2,1-4H3,(H2,28,32,33)/b21-12+,31-6-,35-34+. The van der Waals surface area contributed by atoms with Gasteiger partial charge in [-0.25, -0.2) is 15.0 Å². The second kappa shape index (κ2) is 12.3. The van der Waals surface area contributed by atoms with Crippen LogP contribution >= 0.6 is 0 Å². The number of nitrogens with zero attached hydrogens (tertiary/aromatic N) is 9. The summed E-state index contributed by atoms with van der Waals surface area (Å²) in [5.74, 6) is 1.09. The number of anilines is 4. The number of pyridine rings is 1. The summed E-state index contributed by atoms with van der Waals surface area (Å²) in [5.41, 5.74) is 3.25. The number of aryl methyl sites for hydroxylation is 1. The zero-order valence-corrected chi connectivity index (χ0v) is 20.4. The maximum Gasteiger partial charge on any atom is 0.252 e. The van der Waals surface area contributed by atoms with Crippen LogP contribution in [0.5, 0.6) is 0 Å². The van der Waals surface area contributed by atoms with Crippen molar-refractivity contribution >= 4 is 35.2 Å². The first kappa shape index (κ1) is 25.5. The molecule has 0 amide bonds. The number of hydrazone groups is 1. The van der Waals surface area contributed by atoms with E-state index in [4.69, 9.17) is 0 Å². The molecule has 0 aliphatic carbocycles. The molecule has 0 saturated heterocycles. The Bertz CT molecular complexity index is 1360. The number of aromatic nitrogens is 3. The van der Waals surface area contributed by atoms with E-state index in [1.54, 1.807) is 39.4 Å².